The van der Waals surface area contributed by atoms with Crippen molar-refractivity contribution in [1.82, 2.24) is 10.6 Å². The highest BCUT2D eigenvalue weighted by molar-refractivity contribution is 5.82. The molecule has 1 saturated heterocycles. The van der Waals surface area contributed by atoms with Gasteiger partial charge in [0.2, 0.25) is 5.91 Å². The van der Waals surface area contributed by atoms with Crippen LogP contribution in [-0.4, -0.2) is 31.6 Å². The van der Waals surface area contributed by atoms with Crippen LogP contribution in [0, 0.1) is 5.41 Å². The van der Waals surface area contributed by atoms with E-state index in [-0.39, 0.29) is 17.4 Å². The molecule has 0 aromatic carbocycles. The molecule has 2 rings (SSSR count). The maximum atomic E-state index is 12.2. The number of carbonyl (C=O) groups excluding carboxylic acids is 1. The molecule has 5 nitrogen and oxygen atoms in total. The van der Waals surface area contributed by atoms with Gasteiger partial charge in [-0.1, -0.05) is 13.8 Å². The van der Waals surface area contributed by atoms with E-state index >= 15 is 0 Å². The van der Waals surface area contributed by atoms with Crippen molar-refractivity contribution in [2.75, 3.05) is 19.7 Å². The molecule has 1 aliphatic heterocycles. The van der Waals surface area contributed by atoms with Gasteiger partial charge in [-0.05, 0) is 43.4 Å². The van der Waals surface area contributed by atoms with Crippen molar-refractivity contribution in [3.8, 4) is 0 Å². The maximum Gasteiger partial charge on any atom is 0.237 e. The molecule has 0 saturated carbocycles. The summed E-state index contributed by atoms with van der Waals surface area (Å²) in [4.78, 5) is 12.2. The number of nitrogens with one attached hydrogen (secondary N) is 2. The van der Waals surface area contributed by atoms with Crippen LogP contribution >= 0.6 is 0 Å². The van der Waals surface area contributed by atoms with Gasteiger partial charge in [0, 0.05) is 13.2 Å². The van der Waals surface area contributed by atoms with Crippen molar-refractivity contribution in [1.29, 1.82) is 0 Å². The van der Waals surface area contributed by atoms with E-state index in [9.17, 15) is 4.79 Å². The third-order valence-electron chi connectivity index (χ3n) is 3.98. The van der Waals surface area contributed by atoms with Gasteiger partial charge in [0.05, 0.1) is 12.3 Å². The Bertz CT molecular complexity index is 429. The van der Waals surface area contributed by atoms with E-state index in [4.69, 9.17) is 9.15 Å². The van der Waals surface area contributed by atoms with Crippen LogP contribution < -0.4 is 10.6 Å². The average molecular weight is 294 g/mol. The summed E-state index contributed by atoms with van der Waals surface area (Å²) in [5, 5.41) is 6.32. The molecule has 0 spiro atoms. The van der Waals surface area contributed by atoms with E-state index in [0.29, 0.717) is 19.8 Å². The summed E-state index contributed by atoms with van der Waals surface area (Å²) >= 11 is 0. The summed E-state index contributed by atoms with van der Waals surface area (Å²) in [5.41, 5.74) is 0.0259. The van der Waals surface area contributed by atoms with Crippen LogP contribution in [0.1, 0.15) is 38.9 Å². The smallest absolute Gasteiger partial charge is 0.237 e. The topological polar surface area (TPSA) is 63.5 Å². The van der Waals surface area contributed by atoms with Crippen molar-refractivity contribution in [2.24, 2.45) is 5.41 Å². The fourth-order valence-corrected chi connectivity index (χ4v) is 2.71. The van der Waals surface area contributed by atoms with Gasteiger partial charge in [-0.25, -0.2) is 0 Å². The van der Waals surface area contributed by atoms with Gasteiger partial charge in [0.15, 0.2) is 0 Å². The molecule has 21 heavy (non-hydrogen) atoms. The highest BCUT2D eigenvalue weighted by Crippen LogP contribution is 2.29. The van der Waals surface area contributed by atoms with Crippen LogP contribution in [-0.2, 0) is 16.1 Å². The Morgan fingerprint density at radius 1 is 1.57 bits per heavy atom. The molecule has 0 radical (unpaired) electrons. The van der Waals surface area contributed by atoms with Crippen molar-refractivity contribution < 1.29 is 13.9 Å². The van der Waals surface area contributed by atoms with Gasteiger partial charge in [0.1, 0.15) is 12.4 Å². The Kier molecular flexibility index (Phi) is 5.82. The minimum atomic E-state index is -0.0877. The molecule has 1 fully saturated rings. The zero-order valence-corrected chi connectivity index (χ0v) is 13.0. The van der Waals surface area contributed by atoms with Crippen LogP contribution in [0.2, 0.25) is 0 Å². The van der Waals surface area contributed by atoms with Gasteiger partial charge in [-0.3, -0.25) is 4.79 Å². The number of furan rings is 1. The molecule has 0 aliphatic carbocycles. The molecular formula is C16H26N2O3. The highest BCUT2D eigenvalue weighted by atomic mass is 16.5. The van der Waals surface area contributed by atoms with Crippen molar-refractivity contribution in [2.45, 2.75) is 45.8 Å². The fraction of sp³-hybridized carbons (Fsp3) is 0.688. The first kappa shape index (κ1) is 16.0. The lowest BCUT2D eigenvalue weighted by Crippen LogP contribution is -2.55. The highest BCUT2D eigenvalue weighted by Gasteiger charge is 2.36. The molecule has 1 amide bonds. The fourth-order valence-electron chi connectivity index (χ4n) is 2.71. The summed E-state index contributed by atoms with van der Waals surface area (Å²) in [7, 11) is 0. The van der Waals surface area contributed by atoms with Crippen LogP contribution in [0.3, 0.4) is 0 Å². The molecule has 1 unspecified atom stereocenters. The maximum absolute atomic E-state index is 12.2. The molecule has 5 heteroatoms. The number of piperidine rings is 1. The lowest BCUT2D eigenvalue weighted by molar-refractivity contribution is -0.126. The van der Waals surface area contributed by atoms with Crippen molar-refractivity contribution >= 4 is 5.91 Å². The first-order valence-electron chi connectivity index (χ1n) is 7.71. The summed E-state index contributed by atoms with van der Waals surface area (Å²) in [5.74, 6) is 0.929. The van der Waals surface area contributed by atoms with Crippen LogP contribution in [0.15, 0.2) is 22.8 Å². The van der Waals surface area contributed by atoms with E-state index in [0.717, 1.165) is 31.6 Å². The first-order valence-corrected chi connectivity index (χ1v) is 7.71. The van der Waals surface area contributed by atoms with E-state index in [1.165, 1.54) is 0 Å². The zero-order valence-electron chi connectivity index (χ0n) is 13.0. The molecule has 1 aliphatic rings. The van der Waals surface area contributed by atoms with Crippen LogP contribution in [0.5, 0.6) is 0 Å². The largest absolute Gasteiger partial charge is 0.467 e. The average Bonchev–Trinajstić information content (AvgIpc) is 2.95. The predicted molar refractivity (Wildman–Crippen MR) is 80.8 cm³/mol. The van der Waals surface area contributed by atoms with E-state index in [2.05, 4.69) is 24.5 Å². The molecule has 1 aromatic rings. The summed E-state index contributed by atoms with van der Waals surface area (Å²) in [6.07, 6.45) is 4.67. The number of hydrogen-bond donors (Lipinski definition) is 2. The Balaban J connectivity index is 1.58. The Hall–Kier alpha value is -1.33. The van der Waals surface area contributed by atoms with Crippen molar-refractivity contribution in [3.05, 3.63) is 24.2 Å². The number of rotatable bonds is 7. The summed E-state index contributed by atoms with van der Waals surface area (Å²) in [6.45, 7) is 6.96. The summed E-state index contributed by atoms with van der Waals surface area (Å²) in [6, 6.07) is 3.64. The van der Waals surface area contributed by atoms with Crippen LogP contribution in [0.25, 0.3) is 0 Å². The second kappa shape index (κ2) is 7.61. The SMILES string of the molecule is CC1(C)CCCNC1C(=O)NCCCOCc1ccco1. The quantitative estimate of drug-likeness (QED) is 0.756. The Labute approximate surface area is 126 Å². The van der Waals surface area contributed by atoms with Gasteiger partial charge in [0.25, 0.3) is 0 Å². The number of carbonyl (C=O) groups is 1. The summed E-state index contributed by atoms with van der Waals surface area (Å²) < 4.78 is 10.7. The van der Waals surface area contributed by atoms with E-state index in [1.54, 1.807) is 6.26 Å². The molecule has 2 heterocycles. The molecule has 2 N–H and O–H groups in total. The third kappa shape index (κ3) is 4.86. The Morgan fingerprint density at radius 2 is 2.43 bits per heavy atom. The molecule has 1 atom stereocenters. The Morgan fingerprint density at radius 3 is 3.14 bits per heavy atom. The van der Waals surface area contributed by atoms with E-state index < -0.39 is 0 Å². The van der Waals surface area contributed by atoms with Gasteiger partial charge in [-0.15, -0.1) is 0 Å². The molecule has 118 valence electrons. The number of ether oxygens (including phenoxy) is 1. The molecule has 0 bridgehead atoms. The lowest BCUT2D eigenvalue weighted by Gasteiger charge is -2.38. The van der Waals surface area contributed by atoms with Crippen LogP contribution in [0.4, 0.5) is 0 Å². The van der Waals surface area contributed by atoms with Gasteiger partial charge < -0.3 is 19.8 Å². The van der Waals surface area contributed by atoms with E-state index in [1.807, 2.05) is 12.1 Å². The lowest BCUT2D eigenvalue weighted by atomic mass is 9.77. The molecule has 1 aromatic heterocycles. The third-order valence-corrected chi connectivity index (χ3v) is 3.98. The second-order valence-corrected chi connectivity index (χ2v) is 6.26. The zero-order chi connectivity index (χ0) is 15.1. The second-order valence-electron chi connectivity index (χ2n) is 6.26. The minimum absolute atomic E-state index is 0.0259. The number of hydrogen-bond acceptors (Lipinski definition) is 4. The molecular weight excluding hydrogens is 268 g/mol. The van der Waals surface area contributed by atoms with Crippen molar-refractivity contribution in [3.63, 3.8) is 0 Å². The number of amides is 1. The minimum Gasteiger partial charge on any atom is -0.467 e. The predicted octanol–water partition coefficient (Wildman–Crippen LogP) is 2.08. The van der Waals surface area contributed by atoms with Gasteiger partial charge in [-0.2, -0.15) is 0 Å². The van der Waals surface area contributed by atoms with Gasteiger partial charge >= 0.3 is 0 Å². The normalized spacial score (nSPS) is 21.1. The first-order chi connectivity index (χ1) is 10.1. The monoisotopic (exact) mass is 294 g/mol. The standard InChI is InChI=1S/C16H26N2O3/c1-16(2)7-4-8-17-14(16)15(19)18-9-5-10-20-12-13-6-3-11-21-13/h3,6,11,14,17H,4-5,7-10,12H2,1-2H3,(H,18,19).